The van der Waals surface area contributed by atoms with E-state index in [1.807, 2.05) is 6.92 Å². The van der Waals surface area contributed by atoms with E-state index in [0.717, 1.165) is 11.3 Å². The number of hydrogen-bond donors (Lipinski definition) is 2. The first-order valence-electron chi connectivity index (χ1n) is 5.46. The maximum Gasteiger partial charge on any atom is 0.345 e. The Balaban J connectivity index is 2.30. The third-order valence-electron chi connectivity index (χ3n) is 2.73. The van der Waals surface area contributed by atoms with Crippen LogP contribution in [0.4, 0.5) is 5.00 Å². The second-order valence-electron chi connectivity index (χ2n) is 3.91. The van der Waals surface area contributed by atoms with Crippen molar-refractivity contribution in [1.82, 2.24) is 5.32 Å². The largest absolute Gasteiger partial charge is 0.477 e. The highest BCUT2D eigenvalue weighted by molar-refractivity contribution is 7.17. The summed E-state index contributed by atoms with van der Waals surface area (Å²) in [7, 11) is 0. The van der Waals surface area contributed by atoms with Crippen LogP contribution in [-0.2, 0) is 9.59 Å². The van der Waals surface area contributed by atoms with Crippen LogP contribution in [0.5, 0.6) is 0 Å². The second-order valence-corrected chi connectivity index (χ2v) is 4.97. The van der Waals surface area contributed by atoms with Gasteiger partial charge in [0, 0.05) is 0 Å². The van der Waals surface area contributed by atoms with Gasteiger partial charge in [0.05, 0.1) is 11.5 Å². The SMILES string of the molecule is CCC1C(=O)NC(=O)CN1c1ccc(C(=O)O)s1. The molecule has 1 aromatic rings. The lowest BCUT2D eigenvalue weighted by molar-refractivity contribution is -0.132. The van der Waals surface area contributed by atoms with E-state index >= 15 is 0 Å². The fourth-order valence-corrected chi connectivity index (χ4v) is 2.79. The van der Waals surface area contributed by atoms with Crippen molar-refractivity contribution >= 4 is 34.1 Å². The highest BCUT2D eigenvalue weighted by Gasteiger charge is 2.33. The van der Waals surface area contributed by atoms with Crippen LogP contribution in [0.3, 0.4) is 0 Å². The van der Waals surface area contributed by atoms with Gasteiger partial charge in [0.15, 0.2) is 0 Å². The summed E-state index contributed by atoms with van der Waals surface area (Å²) in [5.41, 5.74) is 0. The average molecular weight is 268 g/mol. The van der Waals surface area contributed by atoms with Gasteiger partial charge in [-0.25, -0.2) is 4.79 Å². The minimum Gasteiger partial charge on any atom is -0.477 e. The van der Waals surface area contributed by atoms with E-state index in [9.17, 15) is 14.4 Å². The first-order valence-corrected chi connectivity index (χ1v) is 6.28. The molecule has 0 bridgehead atoms. The van der Waals surface area contributed by atoms with Crippen molar-refractivity contribution in [3.63, 3.8) is 0 Å². The van der Waals surface area contributed by atoms with Gasteiger partial charge in [0.2, 0.25) is 11.8 Å². The molecule has 2 amide bonds. The molecular formula is C11H12N2O4S. The van der Waals surface area contributed by atoms with Crippen LogP contribution in [-0.4, -0.2) is 35.5 Å². The van der Waals surface area contributed by atoms with Gasteiger partial charge < -0.3 is 10.0 Å². The Bertz CT molecular complexity index is 511. The van der Waals surface area contributed by atoms with E-state index in [-0.39, 0.29) is 23.2 Å². The fourth-order valence-electron chi connectivity index (χ4n) is 1.90. The molecule has 1 aliphatic rings. The van der Waals surface area contributed by atoms with Gasteiger partial charge in [-0.1, -0.05) is 6.92 Å². The highest BCUT2D eigenvalue weighted by Crippen LogP contribution is 2.29. The average Bonchev–Trinajstić information content (AvgIpc) is 2.77. The van der Waals surface area contributed by atoms with Crippen molar-refractivity contribution in [1.29, 1.82) is 0 Å². The summed E-state index contributed by atoms with van der Waals surface area (Å²) in [5, 5.41) is 11.8. The maximum absolute atomic E-state index is 11.7. The van der Waals surface area contributed by atoms with Gasteiger partial charge in [0.1, 0.15) is 10.9 Å². The van der Waals surface area contributed by atoms with Crippen LogP contribution in [0.15, 0.2) is 12.1 Å². The predicted octanol–water partition coefficient (Wildman–Crippen LogP) is 0.688. The highest BCUT2D eigenvalue weighted by atomic mass is 32.1. The zero-order chi connectivity index (χ0) is 13.3. The van der Waals surface area contributed by atoms with E-state index in [1.165, 1.54) is 6.07 Å². The van der Waals surface area contributed by atoms with E-state index in [2.05, 4.69) is 5.32 Å². The first kappa shape index (κ1) is 12.6. The molecule has 1 aromatic heterocycles. The van der Waals surface area contributed by atoms with Crippen LogP contribution in [0.25, 0.3) is 0 Å². The zero-order valence-electron chi connectivity index (χ0n) is 9.67. The lowest BCUT2D eigenvalue weighted by Gasteiger charge is -2.33. The number of amides is 2. The summed E-state index contributed by atoms with van der Waals surface area (Å²) in [6.07, 6.45) is 0.555. The number of carbonyl (C=O) groups excluding carboxylic acids is 2. The quantitative estimate of drug-likeness (QED) is 0.787. The third-order valence-corrected chi connectivity index (χ3v) is 3.84. The van der Waals surface area contributed by atoms with Gasteiger partial charge in [0.25, 0.3) is 0 Å². The van der Waals surface area contributed by atoms with Crippen LogP contribution in [0, 0.1) is 0 Å². The molecule has 18 heavy (non-hydrogen) atoms. The Morgan fingerprint density at radius 2 is 2.28 bits per heavy atom. The number of carboxylic acids is 1. The Kier molecular flexibility index (Phi) is 3.33. The van der Waals surface area contributed by atoms with E-state index in [1.54, 1.807) is 11.0 Å². The Labute approximate surface area is 107 Å². The van der Waals surface area contributed by atoms with Gasteiger partial charge in [-0.3, -0.25) is 14.9 Å². The molecule has 1 aliphatic heterocycles. The number of piperazine rings is 1. The van der Waals surface area contributed by atoms with Gasteiger partial charge in [-0.15, -0.1) is 11.3 Å². The molecule has 96 valence electrons. The van der Waals surface area contributed by atoms with E-state index in [4.69, 9.17) is 5.11 Å². The van der Waals surface area contributed by atoms with Crippen molar-refractivity contribution in [2.75, 3.05) is 11.4 Å². The van der Waals surface area contributed by atoms with Gasteiger partial charge in [-0.2, -0.15) is 0 Å². The summed E-state index contributed by atoms with van der Waals surface area (Å²) in [6.45, 7) is 1.92. The summed E-state index contributed by atoms with van der Waals surface area (Å²) >= 11 is 1.06. The van der Waals surface area contributed by atoms with Crippen molar-refractivity contribution in [2.24, 2.45) is 0 Å². The van der Waals surface area contributed by atoms with Gasteiger partial charge >= 0.3 is 5.97 Å². The smallest absolute Gasteiger partial charge is 0.345 e. The molecular weight excluding hydrogens is 256 g/mol. The molecule has 0 spiro atoms. The molecule has 1 fully saturated rings. The number of anilines is 1. The number of carboxylic acid groups (broad SMARTS) is 1. The van der Waals surface area contributed by atoms with E-state index < -0.39 is 12.0 Å². The van der Waals surface area contributed by atoms with Crippen molar-refractivity contribution in [3.8, 4) is 0 Å². The topological polar surface area (TPSA) is 86.7 Å². The van der Waals surface area contributed by atoms with Gasteiger partial charge in [-0.05, 0) is 18.6 Å². The molecule has 2 rings (SSSR count). The van der Waals surface area contributed by atoms with Crippen LogP contribution in [0.1, 0.15) is 23.0 Å². The number of rotatable bonds is 3. The number of nitrogens with zero attached hydrogens (tertiary/aromatic N) is 1. The molecule has 1 saturated heterocycles. The maximum atomic E-state index is 11.7. The number of thiophene rings is 1. The molecule has 0 aromatic carbocycles. The molecule has 0 aliphatic carbocycles. The number of aromatic carboxylic acids is 1. The normalized spacial score (nSPS) is 19.8. The predicted molar refractivity (Wildman–Crippen MR) is 65.9 cm³/mol. The standard InChI is InChI=1S/C11H12N2O4S/c1-2-6-10(15)12-8(14)5-13(6)9-4-3-7(18-9)11(16)17/h3-4,6H,2,5H2,1H3,(H,16,17)(H,12,14,15). The Hall–Kier alpha value is -1.89. The van der Waals surface area contributed by atoms with Crippen LogP contribution < -0.4 is 10.2 Å². The zero-order valence-corrected chi connectivity index (χ0v) is 10.5. The van der Waals surface area contributed by atoms with Crippen LogP contribution in [0.2, 0.25) is 0 Å². The second kappa shape index (κ2) is 4.77. The third kappa shape index (κ3) is 2.21. The molecule has 7 heteroatoms. The fraction of sp³-hybridized carbons (Fsp3) is 0.364. The van der Waals surface area contributed by atoms with Crippen molar-refractivity contribution in [2.45, 2.75) is 19.4 Å². The number of nitrogens with one attached hydrogen (secondary N) is 1. The molecule has 1 unspecified atom stereocenters. The summed E-state index contributed by atoms with van der Waals surface area (Å²) in [4.78, 5) is 35.7. The molecule has 0 radical (unpaired) electrons. The summed E-state index contributed by atoms with van der Waals surface area (Å²) in [5.74, 6) is -1.71. The van der Waals surface area contributed by atoms with Crippen LogP contribution >= 0.6 is 11.3 Å². The lowest BCUT2D eigenvalue weighted by atomic mass is 10.1. The molecule has 0 saturated carbocycles. The summed E-state index contributed by atoms with van der Waals surface area (Å²) < 4.78 is 0. The molecule has 2 heterocycles. The monoisotopic (exact) mass is 268 g/mol. The number of imide groups is 1. The summed E-state index contributed by atoms with van der Waals surface area (Å²) in [6, 6.07) is 2.68. The Morgan fingerprint density at radius 3 is 2.83 bits per heavy atom. The lowest BCUT2D eigenvalue weighted by Crippen LogP contribution is -2.57. The first-order chi connectivity index (χ1) is 8.52. The van der Waals surface area contributed by atoms with E-state index in [0.29, 0.717) is 11.4 Å². The molecule has 2 N–H and O–H groups in total. The van der Waals surface area contributed by atoms with Crippen molar-refractivity contribution < 1.29 is 19.5 Å². The molecule has 1 atom stereocenters. The minimum absolute atomic E-state index is 0.0732. The molecule has 6 nitrogen and oxygen atoms in total. The number of carbonyl (C=O) groups is 3. The Morgan fingerprint density at radius 1 is 1.56 bits per heavy atom. The van der Waals surface area contributed by atoms with Crippen molar-refractivity contribution in [3.05, 3.63) is 17.0 Å². The number of hydrogen-bond acceptors (Lipinski definition) is 5. The minimum atomic E-state index is -1.01.